The minimum absolute atomic E-state index is 0.137. The van der Waals surface area contributed by atoms with Crippen LogP contribution in [0, 0.1) is 0 Å². The molecule has 12 heteroatoms. The molecule has 0 aromatic rings. The summed E-state index contributed by atoms with van der Waals surface area (Å²) in [7, 11) is -6.67. The number of carbonyl (C=O) groups is 1. The van der Waals surface area contributed by atoms with Crippen LogP contribution >= 0.6 is 0 Å². The van der Waals surface area contributed by atoms with Gasteiger partial charge in [0.2, 0.25) is 5.91 Å². The summed E-state index contributed by atoms with van der Waals surface area (Å²) in [6.45, 7) is 1.08. The van der Waals surface area contributed by atoms with E-state index in [0.717, 1.165) is 12.5 Å². The van der Waals surface area contributed by atoms with Crippen molar-refractivity contribution in [2.24, 2.45) is 0 Å². The molecular weight excluding hydrogens is 342 g/mol. The first-order valence-electron chi connectivity index (χ1n) is 6.11. The molecule has 0 aromatic carbocycles. The fourth-order valence-electron chi connectivity index (χ4n) is 1.98. The van der Waals surface area contributed by atoms with Crippen molar-refractivity contribution >= 4 is 26.1 Å². The third-order valence-electron chi connectivity index (χ3n) is 2.62. The summed E-state index contributed by atoms with van der Waals surface area (Å²) in [6.07, 6.45) is -2.31. The number of ether oxygens (including phenoxy) is 2. The van der Waals surface area contributed by atoms with Gasteiger partial charge >= 0.3 is 0 Å². The highest BCUT2D eigenvalue weighted by atomic mass is 32.2. The number of rotatable bonds is 6. The predicted molar refractivity (Wildman–Crippen MR) is 73.8 cm³/mol. The molecule has 0 aliphatic carbocycles. The van der Waals surface area contributed by atoms with Gasteiger partial charge in [-0.15, -0.1) is 0 Å². The van der Waals surface area contributed by atoms with Crippen molar-refractivity contribution in [1.29, 1.82) is 0 Å². The Balaban J connectivity index is 3.16. The zero-order valence-corrected chi connectivity index (χ0v) is 14.1. The zero-order valence-electron chi connectivity index (χ0n) is 12.5. The SMILES string of the molecule is CO[C@@H]1OC[C@H](NC(C)=O)[C@H](OS(C)(=O)=O)[C@@H]1OS(C)(=O)=O. The van der Waals surface area contributed by atoms with E-state index in [1.54, 1.807) is 0 Å². The number of methoxy groups -OCH3 is 1. The molecular formula is C10H19NO9S2. The van der Waals surface area contributed by atoms with E-state index in [9.17, 15) is 21.6 Å². The number of carbonyl (C=O) groups excluding carboxylic acids is 1. The molecule has 4 atom stereocenters. The molecule has 1 N–H and O–H groups in total. The standard InChI is InChI=1S/C10H19NO9S2/c1-6(12)11-7-5-18-10(17-2)9(20-22(4,15)16)8(7)19-21(3,13)14/h7-10H,5H2,1-4H3,(H,11,12)/t7-,8-,9-,10+/m0/s1. The van der Waals surface area contributed by atoms with Gasteiger partial charge in [-0.1, -0.05) is 0 Å². The minimum Gasteiger partial charge on any atom is -0.353 e. The maximum absolute atomic E-state index is 11.4. The van der Waals surface area contributed by atoms with E-state index < -0.39 is 50.7 Å². The van der Waals surface area contributed by atoms with Gasteiger partial charge in [0.05, 0.1) is 25.2 Å². The van der Waals surface area contributed by atoms with Gasteiger partial charge in [-0.25, -0.2) is 0 Å². The lowest BCUT2D eigenvalue weighted by Gasteiger charge is -2.40. The number of hydrogen-bond donors (Lipinski definition) is 1. The summed E-state index contributed by atoms with van der Waals surface area (Å²) in [6, 6.07) is -0.926. The van der Waals surface area contributed by atoms with Crippen LogP contribution in [0.3, 0.4) is 0 Å². The normalized spacial score (nSPS) is 30.0. The van der Waals surface area contributed by atoms with Crippen LogP contribution in [-0.2, 0) is 42.9 Å². The van der Waals surface area contributed by atoms with Crippen molar-refractivity contribution in [2.45, 2.75) is 31.5 Å². The van der Waals surface area contributed by atoms with Gasteiger partial charge in [0.1, 0.15) is 6.10 Å². The van der Waals surface area contributed by atoms with Crippen LogP contribution < -0.4 is 5.32 Å². The van der Waals surface area contributed by atoms with E-state index in [1.165, 1.54) is 14.0 Å². The molecule has 22 heavy (non-hydrogen) atoms. The monoisotopic (exact) mass is 361 g/mol. The van der Waals surface area contributed by atoms with Crippen molar-refractivity contribution < 1.29 is 39.5 Å². The first-order valence-corrected chi connectivity index (χ1v) is 9.74. The fraction of sp³-hybridized carbons (Fsp3) is 0.900. The van der Waals surface area contributed by atoms with Crippen LogP contribution in [0.25, 0.3) is 0 Å². The van der Waals surface area contributed by atoms with Crippen molar-refractivity contribution in [3.05, 3.63) is 0 Å². The zero-order chi connectivity index (χ0) is 17.1. The summed E-state index contributed by atoms with van der Waals surface area (Å²) in [5.74, 6) is -0.468. The van der Waals surface area contributed by atoms with E-state index in [1.807, 2.05) is 0 Å². The molecule has 1 aliphatic rings. The maximum Gasteiger partial charge on any atom is 0.264 e. The Morgan fingerprint density at radius 2 is 1.59 bits per heavy atom. The van der Waals surface area contributed by atoms with Crippen LogP contribution in [0.2, 0.25) is 0 Å². The topological polar surface area (TPSA) is 134 Å². The first-order chi connectivity index (χ1) is 9.93. The van der Waals surface area contributed by atoms with Crippen molar-refractivity contribution in [1.82, 2.24) is 5.32 Å². The third kappa shape index (κ3) is 6.14. The molecule has 0 unspecified atom stereocenters. The molecule has 1 saturated heterocycles. The Morgan fingerprint density at radius 3 is 2.00 bits per heavy atom. The minimum atomic E-state index is -3.95. The molecule has 130 valence electrons. The van der Waals surface area contributed by atoms with Crippen LogP contribution in [0.5, 0.6) is 0 Å². The molecule has 1 amide bonds. The first kappa shape index (κ1) is 19.3. The molecule has 0 aromatic heterocycles. The summed E-state index contributed by atoms with van der Waals surface area (Å²) in [4.78, 5) is 11.2. The van der Waals surface area contributed by atoms with E-state index in [4.69, 9.17) is 17.8 Å². The Bertz CT molecular complexity index is 600. The second kappa shape index (κ2) is 7.19. The van der Waals surface area contributed by atoms with Gasteiger partial charge in [-0.2, -0.15) is 16.8 Å². The molecule has 1 heterocycles. The van der Waals surface area contributed by atoms with Crippen LogP contribution in [0.15, 0.2) is 0 Å². The Morgan fingerprint density at radius 1 is 1.09 bits per heavy atom. The summed E-state index contributed by atoms with van der Waals surface area (Å²) >= 11 is 0. The van der Waals surface area contributed by atoms with Crippen LogP contribution in [0.4, 0.5) is 0 Å². The van der Waals surface area contributed by atoms with Crippen LogP contribution in [-0.4, -0.2) is 73.5 Å². The lowest BCUT2D eigenvalue weighted by atomic mass is 10.0. The van der Waals surface area contributed by atoms with Crippen molar-refractivity contribution in [3.63, 3.8) is 0 Å². The summed E-state index contributed by atoms with van der Waals surface area (Å²) in [5.41, 5.74) is 0. The molecule has 0 bridgehead atoms. The lowest BCUT2D eigenvalue weighted by molar-refractivity contribution is -0.227. The van der Waals surface area contributed by atoms with Crippen LogP contribution in [0.1, 0.15) is 6.92 Å². The smallest absolute Gasteiger partial charge is 0.264 e. The van der Waals surface area contributed by atoms with Gasteiger partial charge in [0, 0.05) is 14.0 Å². The Kier molecular flexibility index (Phi) is 6.29. The van der Waals surface area contributed by atoms with Gasteiger partial charge in [-0.3, -0.25) is 13.2 Å². The lowest BCUT2D eigenvalue weighted by Crippen LogP contribution is -2.61. The molecule has 0 spiro atoms. The highest BCUT2D eigenvalue weighted by Crippen LogP contribution is 2.24. The number of nitrogens with one attached hydrogen (secondary N) is 1. The Hall–Kier alpha value is -0.790. The average molecular weight is 361 g/mol. The van der Waals surface area contributed by atoms with E-state index in [-0.39, 0.29) is 6.61 Å². The molecule has 0 saturated carbocycles. The third-order valence-corrected chi connectivity index (χ3v) is 3.77. The second-order valence-electron chi connectivity index (χ2n) is 4.77. The fourth-order valence-corrected chi connectivity index (χ4v) is 3.24. The molecule has 10 nitrogen and oxygen atoms in total. The van der Waals surface area contributed by atoms with E-state index >= 15 is 0 Å². The van der Waals surface area contributed by atoms with Crippen molar-refractivity contribution in [2.75, 3.05) is 26.2 Å². The molecule has 1 fully saturated rings. The molecule has 0 radical (unpaired) electrons. The summed E-state index contributed by atoms with van der Waals surface area (Å²) in [5, 5.41) is 2.43. The predicted octanol–water partition coefficient (Wildman–Crippen LogP) is -1.82. The quantitative estimate of drug-likeness (QED) is 0.543. The van der Waals surface area contributed by atoms with Gasteiger partial charge in [0.25, 0.3) is 20.2 Å². The summed E-state index contributed by atoms with van der Waals surface area (Å²) < 4.78 is 65.5. The van der Waals surface area contributed by atoms with Gasteiger partial charge in [-0.05, 0) is 0 Å². The van der Waals surface area contributed by atoms with E-state index in [0.29, 0.717) is 0 Å². The molecule has 1 aliphatic heterocycles. The number of hydrogen-bond acceptors (Lipinski definition) is 9. The van der Waals surface area contributed by atoms with E-state index in [2.05, 4.69) is 5.32 Å². The second-order valence-corrected chi connectivity index (χ2v) is 7.98. The average Bonchev–Trinajstić information content (AvgIpc) is 2.29. The van der Waals surface area contributed by atoms with Crippen molar-refractivity contribution in [3.8, 4) is 0 Å². The highest BCUT2D eigenvalue weighted by Gasteiger charge is 2.46. The highest BCUT2D eigenvalue weighted by molar-refractivity contribution is 7.86. The molecule has 1 rings (SSSR count). The Labute approximate surface area is 129 Å². The number of amides is 1. The van der Waals surface area contributed by atoms with Gasteiger partial charge in [0.15, 0.2) is 12.4 Å². The van der Waals surface area contributed by atoms with Gasteiger partial charge < -0.3 is 14.8 Å². The largest absolute Gasteiger partial charge is 0.353 e. The maximum atomic E-state index is 11.4.